The van der Waals surface area contributed by atoms with Crippen LogP contribution in [0, 0.1) is 0 Å². The van der Waals surface area contributed by atoms with E-state index in [-0.39, 0.29) is 6.10 Å². The van der Waals surface area contributed by atoms with Crippen molar-refractivity contribution in [2.24, 2.45) is 0 Å². The summed E-state index contributed by atoms with van der Waals surface area (Å²) in [7, 11) is -1.11. The van der Waals surface area contributed by atoms with E-state index in [0.29, 0.717) is 30.2 Å². The topological polar surface area (TPSA) is 42.4 Å². The highest BCUT2D eigenvalue weighted by Gasteiger charge is 2.32. The molecular weight excluding hydrogens is 425 g/mol. The van der Waals surface area contributed by atoms with E-state index in [9.17, 15) is 17.4 Å². The van der Waals surface area contributed by atoms with Gasteiger partial charge in [0, 0.05) is 37.7 Å². The Balaban J connectivity index is 1.29. The molecule has 0 spiro atoms. The van der Waals surface area contributed by atoms with Crippen LogP contribution in [0.2, 0.25) is 0 Å². The first-order valence-corrected chi connectivity index (χ1v) is 11.3. The summed E-state index contributed by atoms with van der Waals surface area (Å²) in [6.45, 7) is 1.79. The summed E-state index contributed by atoms with van der Waals surface area (Å²) in [5.41, 5.74) is 1.93. The van der Waals surface area contributed by atoms with Crippen molar-refractivity contribution in [1.29, 1.82) is 0 Å². The number of ether oxygens (including phenoxy) is 1. The predicted molar refractivity (Wildman–Crippen MR) is 113 cm³/mol. The monoisotopic (exact) mass is 446 g/mol. The summed E-state index contributed by atoms with van der Waals surface area (Å²) < 4.78 is 55.9. The second kappa shape index (κ2) is 8.80. The molecule has 1 atom stereocenters. The Morgan fingerprint density at radius 2 is 1.77 bits per heavy atom. The molecule has 1 aliphatic rings. The van der Waals surface area contributed by atoms with Crippen LogP contribution in [0.1, 0.15) is 11.1 Å². The average molecular weight is 446 g/mol. The third kappa shape index (κ3) is 5.32. The number of rotatable bonds is 6. The molecule has 0 radical (unpaired) electrons. The number of aromatic nitrogens is 1. The number of halogens is 3. The predicted octanol–water partition coefficient (Wildman–Crippen LogP) is 4.77. The maximum atomic E-state index is 12.8. The van der Waals surface area contributed by atoms with Crippen LogP contribution in [0.25, 0.3) is 11.1 Å². The van der Waals surface area contributed by atoms with Crippen LogP contribution in [-0.2, 0) is 23.5 Å². The molecule has 0 N–H and O–H groups in total. The number of hydrogen-bond acceptors (Lipinski definition) is 4. The van der Waals surface area contributed by atoms with Gasteiger partial charge < -0.3 is 4.74 Å². The van der Waals surface area contributed by atoms with Gasteiger partial charge in [-0.05, 0) is 35.4 Å². The van der Waals surface area contributed by atoms with Gasteiger partial charge in [-0.1, -0.05) is 36.4 Å². The van der Waals surface area contributed by atoms with Crippen molar-refractivity contribution in [3.63, 3.8) is 0 Å². The quantitative estimate of drug-likeness (QED) is 0.547. The number of hydrogen-bond donors (Lipinski definition) is 0. The van der Waals surface area contributed by atoms with E-state index < -0.39 is 22.5 Å². The lowest BCUT2D eigenvalue weighted by atomic mass is 10.1. The minimum Gasteiger partial charge on any atom is -0.488 e. The van der Waals surface area contributed by atoms with E-state index in [1.165, 1.54) is 12.1 Å². The molecule has 1 aromatic heterocycles. The zero-order valence-electron chi connectivity index (χ0n) is 16.8. The van der Waals surface area contributed by atoms with Crippen LogP contribution in [0.3, 0.4) is 0 Å². The fourth-order valence-electron chi connectivity index (χ4n) is 3.47. The Hall–Kier alpha value is -2.71. The number of likely N-dealkylation sites (tertiary alicyclic amines) is 1. The highest BCUT2D eigenvalue weighted by atomic mass is 32.2. The van der Waals surface area contributed by atoms with E-state index in [4.69, 9.17) is 4.74 Å². The number of pyridine rings is 1. The Morgan fingerprint density at radius 1 is 1.06 bits per heavy atom. The SMILES string of the molecule is CS(=O)c1ccc(-c2ccc(OC3CN(Cc4cccc(C(F)(F)F)c4)C3)cc2)cn1. The molecule has 4 nitrogen and oxygen atoms in total. The standard InChI is InChI=1S/C23H21F3N2O2S/c1-31(29)22-10-7-18(12-27-22)17-5-8-20(9-6-17)30-21-14-28(15-21)13-16-3-2-4-19(11-16)23(24,25)26/h2-12,21H,13-15H2,1H3. The first-order chi connectivity index (χ1) is 14.8. The summed E-state index contributed by atoms with van der Waals surface area (Å²) in [4.78, 5) is 6.26. The maximum absolute atomic E-state index is 12.8. The van der Waals surface area contributed by atoms with E-state index in [0.717, 1.165) is 22.9 Å². The molecule has 162 valence electrons. The fourth-order valence-corrected chi connectivity index (χ4v) is 3.93. The Kier molecular flexibility index (Phi) is 6.11. The molecule has 8 heteroatoms. The zero-order chi connectivity index (χ0) is 22.0. The van der Waals surface area contributed by atoms with Gasteiger partial charge in [0.2, 0.25) is 0 Å². The number of alkyl halides is 3. The summed E-state index contributed by atoms with van der Waals surface area (Å²) >= 11 is 0. The van der Waals surface area contributed by atoms with Gasteiger partial charge in [0.1, 0.15) is 16.9 Å². The van der Waals surface area contributed by atoms with Gasteiger partial charge in [0.05, 0.1) is 16.4 Å². The van der Waals surface area contributed by atoms with Crippen molar-refractivity contribution >= 4 is 10.8 Å². The van der Waals surface area contributed by atoms with Crippen LogP contribution < -0.4 is 4.74 Å². The molecule has 0 bridgehead atoms. The highest BCUT2D eigenvalue weighted by molar-refractivity contribution is 7.84. The third-order valence-corrected chi connectivity index (χ3v) is 5.94. The minimum atomic E-state index is -4.32. The molecule has 0 aliphatic carbocycles. The highest BCUT2D eigenvalue weighted by Crippen LogP contribution is 2.30. The van der Waals surface area contributed by atoms with Crippen LogP contribution in [0.15, 0.2) is 71.9 Å². The molecule has 31 heavy (non-hydrogen) atoms. The lowest BCUT2D eigenvalue weighted by Gasteiger charge is -2.39. The van der Waals surface area contributed by atoms with Crippen molar-refractivity contribution in [2.75, 3.05) is 19.3 Å². The molecule has 2 heterocycles. The van der Waals surface area contributed by atoms with E-state index in [1.54, 1.807) is 24.6 Å². The number of nitrogens with zero attached hydrogens (tertiary/aromatic N) is 2. The maximum Gasteiger partial charge on any atom is 0.416 e. The van der Waals surface area contributed by atoms with Crippen LogP contribution in [-0.4, -0.2) is 39.5 Å². The van der Waals surface area contributed by atoms with Crippen molar-refractivity contribution in [3.8, 4) is 16.9 Å². The number of benzene rings is 2. The Morgan fingerprint density at radius 3 is 2.39 bits per heavy atom. The van der Waals surface area contributed by atoms with E-state index >= 15 is 0 Å². The summed E-state index contributed by atoms with van der Waals surface area (Å²) in [5.74, 6) is 0.742. The van der Waals surface area contributed by atoms with Gasteiger partial charge in [-0.25, -0.2) is 4.98 Å². The molecule has 0 amide bonds. The van der Waals surface area contributed by atoms with Gasteiger partial charge in [-0.3, -0.25) is 9.11 Å². The molecular formula is C23H21F3N2O2S. The lowest BCUT2D eigenvalue weighted by molar-refractivity contribution is -0.137. The normalized spacial score (nSPS) is 16.0. The van der Waals surface area contributed by atoms with Gasteiger partial charge in [0.15, 0.2) is 0 Å². The summed E-state index contributed by atoms with van der Waals surface area (Å²) in [6.07, 6.45) is -1.02. The average Bonchev–Trinajstić information content (AvgIpc) is 2.72. The molecule has 1 saturated heterocycles. The van der Waals surface area contributed by atoms with E-state index in [1.807, 2.05) is 30.3 Å². The van der Waals surface area contributed by atoms with Gasteiger partial charge in [-0.15, -0.1) is 0 Å². The van der Waals surface area contributed by atoms with Crippen LogP contribution >= 0.6 is 0 Å². The van der Waals surface area contributed by atoms with Crippen molar-refractivity contribution < 1.29 is 22.1 Å². The second-order valence-corrected chi connectivity index (χ2v) is 8.82. The lowest BCUT2D eigenvalue weighted by Crippen LogP contribution is -2.53. The van der Waals surface area contributed by atoms with Crippen molar-refractivity contribution in [2.45, 2.75) is 23.9 Å². The summed E-state index contributed by atoms with van der Waals surface area (Å²) in [5, 5.41) is 0.545. The molecule has 1 unspecified atom stereocenters. The van der Waals surface area contributed by atoms with Crippen LogP contribution in [0.5, 0.6) is 5.75 Å². The fraction of sp³-hybridized carbons (Fsp3) is 0.261. The molecule has 3 aromatic rings. The summed E-state index contributed by atoms with van der Waals surface area (Å²) in [6, 6.07) is 16.7. The van der Waals surface area contributed by atoms with Gasteiger partial charge >= 0.3 is 6.18 Å². The smallest absolute Gasteiger partial charge is 0.416 e. The van der Waals surface area contributed by atoms with Gasteiger partial charge in [-0.2, -0.15) is 13.2 Å². The third-order valence-electron chi connectivity index (χ3n) is 5.11. The van der Waals surface area contributed by atoms with E-state index in [2.05, 4.69) is 9.88 Å². The zero-order valence-corrected chi connectivity index (χ0v) is 17.6. The molecule has 4 rings (SSSR count). The molecule has 1 aliphatic heterocycles. The molecule has 2 aromatic carbocycles. The first-order valence-electron chi connectivity index (χ1n) is 9.73. The largest absolute Gasteiger partial charge is 0.488 e. The van der Waals surface area contributed by atoms with Gasteiger partial charge in [0.25, 0.3) is 0 Å². The van der Waals surface area contributed by atoms with Crippen LogP contribution in [0.4, 0.5) is 13.2 Å². The minimum absolute atomic E-state index is 0.0112. The second-order valence-electron chi connectivity index (χ2n) is 7.50. The van der Waals surface area contributed by atoms with Crippen molar-refractivity contribution in [3.05, 3.63) is 78.0 Å². The molecule has 0 saturated carbocycles. The van der Waals surface area contributed by atoms with Crippen molar-refractivity contribution in [1.82, 2.24) is 9.88 Å². The molecule has 1 fully saturated rings. The Bertz CT molecular complexity index is 1060. The Labute approximate surface area is 181 Å². The first kappa shape index (κ1) is 21.5.